The first-order valence-corrected chi connectivity index (χ1v) is 12.9. The van der Waals surface area contributed by atoms with Gasteiger partial charge in [0.2, 0.25) is 11.8 Å². The topological polar surface area (TPSA) is 81.0 Å². The maximum atomic E-state index is 13.4. The van der Waals surface area contributed by atoms with Gasteiger partial charge in [-0.25, -0.2) is 4.68 Å². The molecule has 4 atom stereocenters. The minimum absolute atomic E-state index is 0.208. The Balaban J connectivity index is 1.21. The summed E-state index contributed by atoms with van der Waals surface area (Å²) in [6.07, 6.45) is 2.25. The van der Waals surface area contributed by atoms with Crippen molar-refractivity contribution < 1.29 is 17.9 Å². The summed E-state index contributed by atoms with van der Waals surface area (Å²) in [5.74, 6) is 2.49. The number of ether oxygens (including phenoxy) is 1. The third-order valence-electron chi connectivity index (χ3n) is 8.06. The van der Waals surface area contributed by atoms with Crippen LogP contribution in [-0.4, -0.2) is 51.2 Å². The summed E-state index contributed by atoms with van der Waals surface area (Å²) in [7, 11) is 1.59. The summed E-state index contributed by atoms with van der Waals surface area (Å²) < 4.78 is 47.2. The Kier molecular flexibility index (Phi) is 6.16. The number of aromatic nitrogens is 5. The number of benzene rings is 1. The standard InChI is InChI=1S/C26H30F3N7O/c1-37-22-12-20(13-30-33-22)35-14-17-8-9-18(15-35)23(17)31-25-32-24-21(7-2-3-10-36(24)34-25)16-5-4-6-19(11-16)26(27,28)29/h4-6,11-13,17-18,21,23H,2-3,7-10,14-15H2,1H3,(H,31,34)/t17-,18+,21-,23-/m0/s1. The lowest BCUT2D eigenvalue weighted by atomic mass is 9.92. The van der Waals surface area contributed by atoms with E-state index in [4.69, 9.17) is 14.8 Å². The summed E-state index contributed by atoms with van der Waals surface area (Å²) in [4.78, 5) is 7.21. The molecule has 3 aromatic rings. The van der Waals surface area contributed by atoms with Gasteiger partial charge in [-0.1, -0.05) is 24.6 Å². The van der Waals surface area contributed by atoms with E-state index in [1.807, 2.05) is 10.7 Å². The molecule has 1 N–H and O–H groups in total. The second kappa shape index (κ2) is 9.50. The number of piperidine rings is 1. The van der Waals surface area contributed by atoms with Crippen LogP contribution in [0, 0.1) is 11.8 Å². The van der Waals surface area contributed by atoms with Crippen molar-refractivity contribution in [3.8, 4) is 5.88 Å². The van der Waals surface area contributed by atoms with Crippen molar-refractivity contribution in [1.29, 1.82) is 0 Å². The van der Waals surface area contributed by atoms with Crippen LogP contribution in [0.15, 0.2) is 36.5 Å². The first kappa shape index (κ1) is 24.0. The van der Waals surface area contributed by atoms with Gasteiger partial charge in [-0.2, -0.15) is 23.3 Å². The Hall–Kier alpha value is -3.37. The monoisotopic (exact) mass is 513 g/mol. The molecule has 2 fully saturated rings. The first-order chi connectivity index (χ1) is 17.9. The summed E-state index contributed by atoms with van der Waals surface area (Å²) in [6, 6.07) is 7.83. The van der Waals surface area contributed by atoms with Crippen LogP contribution in [0.2, 0.25) is 0 Å². The number of fused-ring (bicyclic) bond motifs is 3. The highest BCUT2D eigenvalue weighted by Gasteiger charge is 2.43. The second-order valence-electron chi connectivity index (χ2n) is 10.3. The predicted octanol–water partition coefficient (Wildman–Crippen LogP) is 4.74. The molecule has 8 nitrogen and oxygen atoms in total. The zero-order chi connectivity index (χ0) is 25.6. The Morgan fingerprint density at radius 1 is 1.05 bits per heavy atom. The molecule has 37 heavy (non-hydrogen) atoms. The number of methoxy groups -OCH3 is 1. The van der Waals surface area contributed by atoms with Crippen molar-refractivity contribution in [3.05, 3.63) is 53.5 Å². The van der Waals surface area contributed by atoms with Crippen LogP contribution >= 0.6 is 0 Å². The quantitative estimate of drug-likeness (QED) is 0.528. The van der Waals surface area contributed by atoms with Gasteiger partial charge in [-0.05, 0) is 49.1 Å². The van der Waals surface area contributed by atoms with Crippen LogP contribution in [0.3, 0.4) is 0 Å². The Morgan fingerprint density at radius 3 is 2.62 bits per heavy atom. The molecule has 1 aliphatic carbocycles. The normalized spacial score (nSPS) is 25.5. The molecule has 1 saturated carbocycles. The van der Waals surface area contributed by atoms with Crippen LogP contribution in [0.1, 0.15) is 55.0 Å². The van der Waals surface area contributed by atoms with E-state index in [1.165, 1.54) is 12.1 Å². The van der Waals surface area contributed by atoms with Gasteiger partial charge in [0, 0.05) is 37.7 Å². The highest BCUT2D eigenvalue weighted by Crippen LogP contribution is 2.41. The number of nitrogens with zero attached hydrogens (tertiary/aromatic N) is 6. The maximum Gasteiger partial charge on any atom is 0.416 e. The van der Waals surface area contributed by atoms with E-state index in [1.54, 1.807) is 19.4 Å². The molecule has 2 aliphatic heterocycles. The van der Waals surface area contributed by atoms with Crippen molar-refractivity contribution in [2.45, 2.75) is 56.8 Å². The smallest absolute Gasteiger partial charge is 0.416 e. The Morgan fingerprint density at radius 2 is 1.86 bits per heavy atom. The summed E-state index contributed by atoms with van der Waals surface area (Å²) >= 11 is 0. The molecule has 2 aromatic heterocycles. The van der Waals surface area contributed by atoms with Gasteiger partial charge in [0.1, 0.15) is 5.82 Å². The molecule has 1 saturated heterocycles. The van der Waals surface area contributed by atoms with Crippen molar-refractivity contribution in [3.63, 3.8) is 0 Å². The van der Waals surface area contributed by atoms with Crippen molar-refractivity contribution >= 4 is 11.6 Å². The minimum atomic E-state index is -4.37. The molecule has 0 unspecified atom stereocenters. The SMILES string of the molecule is COc1cc(N2C[C@H]3CC[C@@H](C2)[C@@H]3Nc2nc3n(n2)CCCC[C@H]3c2cccc(C(F)(F)F)c2)cnn1. The molecule has 0 spiro atoms. The average molecular weight is 514 g/mol. The van der Waals surface area contributed by atoms with Crippen LogP contribution in [0.5, 0.6) is 5.88 Å². The molecule has 0 radical (unpaired) electrons. The molecular formula is C26H30F3N7O. The van der Waals surface area contributed by atoms with Gasteiger partial charge in [0.15, 0.2) is 0 Å². The van der Waals surface area contributed by atoms with E-state index in [0.29, 0.717) is 29.2 Å². The van der Waals surface area contributed by atoms with Crippen LogP contribution in [0.25, 0.3) is 0 Å². The zero-order valence-corrected chi connectivity index (χ0v) is 20.7. The zero-order valence-electron chi connectivity index (χ0n) is 20.7. The summed E-state index contributed by atoms with van der Waals surface area (Å²) in [5.41, 5.74) is 1.04. The molecule has 196 valence electrons. The van der Waals surface area contributed by atoms with Crippen molar-refractivity contribution in [2.24, 2.45) is 11.8 Å². The highest BCUT2D eigenvalue weighted by atomic mass is 19.4. The van der Waals surface area contributed by atoms with Crippen LogP contribution in [0.4, 0.5) is 24.8 Å². The minimum Gasteiger partial charge on any atom is -0.480 e. The molecule has 3 aliphatic rings. The molecular weight excluding hydrogens is 483 g/mol. The lowest BCUT2D eigenvalue weighted by Gasteiger charge is -2.39. The van der Waals surface area contributed by atoms with E-state index in [-0.39, 0.29) is 12.0 Å². The summed E-state index contributed by atoms with van der Waals surface area (Å²) in [6.45, 7) is 2.51. The Bertz CT molecular complexity index is 1250. The van der Waals surface area contributed by atoms with E-state index >= 15 is 0 Å². The average Bonchev–Trinajstić information content (AvgIpc) is 3.30. The third-order valence-corrected chi connectivity index (χ3v) is 8.06. The predicted molar refractivity (Wildman–Crippen MR) is 132 cm³/mol. The second-order valence-corrected chi connectivity index (χ2v) is 10.3. The lowest BCUT2D eigenvalue weighted by Crippen LogP contribution is -2.48. The highest BCUT2D eigenvalue weighted by molar-refractivity contribution is 5.48. The third kappa shape index (κ3) is 4.71. The number of anilines is 2. The van der Waals surface area contributed by atoms with Crippen LogP contribution < -0.4 is 15.0 Å². The number of halogens is 3. The number of nitrogens with one attached hydrogen (secondary N) is 1. The van der Waals surface area contributed by atoms with Gasteiger partial charge in [0.25, 0.3) is 0 Å². The molecule has 4 heterocycles. The van der Waals surface area contributed by atoms with E-state index in [9.17, 15) is 13.2 Å². The van der Waals surface area contributed by atoms with Gasteiger partial charge in [-0.15, -0.1) is 10.2 Å². The number of aryl methyl sites for hydroxylation is 1. The molecule has 2 bridgehead atoms. The van der Waals surface area contributed by atoms with Crippen LogP contribution in [-0.2, 0) is 12.7 Å². The molecule has 1 aromatic carbocycles. The van der Waals surface area contributed by atoms with E-state index < -0.39 is 11.7 Å². The van der Waals surface area contributed by atoms with Crippen molar-refractivity contribution in [2.75, 3.05) is 30.4 Å². The number of alkyl halides is 3. The fraction of sp³-hybridized carbons (Fsp3) is 0.538. The summed E-state index contributed by atoms with van der Waals surface area (Å²) in [5, 5.41) is 16.4. The van der Waals surface area contributed by atoms with Gasteiger partial charge < -0.3 is 15.0 Å². The van der Waals surface area contributed by atoms with Gasteiger partial charge in [0.05, 0.1) is 24.6 Å². The van der Waals surface area contributed by atoms with Gasteiger partial charge in [-0.3, -0.25) is 0 Å². The number of rotatable bonds is 5. The van der Waals surface area contributed by atoms with Crippen molar-refractivity contribution in [1.82, 2.24) is 25.0 Å². The van der Waals surface area contributed by atoms with E-state index in [0.717, 1.165) is 69.3 Å². The number of hydrogen-bond acceptors (Lipinski definition) is 7. The molecule has 11 heteroatoms. The Labute approximate surface area is 213 Å². The van der Waals surface area contributed by atoms with E-state index in [2.05, 4.69) is 20.4 Å². The first-order valence-electron chi connectivity index (χ1n) is 12.9. The lowest BCUT2D eigenvalue weighted by molar-refractivity contribution is -0.137. The fourth-order valence-electron chi connectivity index (χ4n) is 6.25. The molecule has 6 rings (SSSR count). The number of hydrogen-bond donors (Lipinski definition) is 1. The maximum absolute atomic E-state index is 13.4. The molecule has 0 amide bonds. The fourth-order valence-corrected chi connectivity index (χ4v) is 6.25. The van der Waals surface area contributed by atoms with Gasteiger partial charge >= 0.3 is 6.18 Å². The largest absolute Gasteiger partial charge is 0.480 e.